The van der Waals surface area contributed by atoms with Crippen molar-refractivity contribution in [2.75, 3.05) is 11.1 Å². The van der Waals surface area contributed by atoms with Crippen LogP contribution >= 0.6 is 46.3 Å². The number of thiophene rings is 1. The normalized spacial score (nSPS) is 10.9. The van der Waals surface area contributed by atoms with Gasteiger partial charge in [0.15, 0.2) is 11.0 Å². The fourth-order valence-corrected chi connectivity index (χ4v) is 4.01. The SMILES string of the molecule is Cc1cc(-c2nnc(SCC(=O)Nc3ccc(Cl)cc3Cl)n2C)cs1. The predicted octanol–water partition coefficient (Wildman–Crippen LogP) is 4.89. The molecule has 0 saturated carbocycles. The second kappa shape index (κ2) is 7.78. The Morgan fingerprint density at radius 3 is 2.80 bits per heavy atom. The van der Waals surface area contributed by atoms with E-state index in [1.165, 1.54) is 16.6 Å². The molecule has 3 aromatic rings. The van der Waals surface area contributed by atoms with Gasteiger partial charge in [0.05, 0.1) is 16.5 Å². The monoisotopic (exact) mass is 412 g/mol. The molecule has 2 aromatic heterocycles. The van der Waals surface area contributed by atoms with E-state index >= 15 is 0 Å². The summed E-state index contributed by atoms with van der Waals surface area (Å²) in [4.78, 5) is 13.3. The number of aryl methyl sites for hydroxylation is 1. The van der Waals surface area contributed by atoms with E-state index in [1.807, 2.05) is 23.9 Å². The van der Waals surface area contributed by atoms with Crippen LogP contribution in [0, 0.1) is 6.92 Å². The summed E-state index contributed by atoms with van der Waals surface area (Å²) >= 11 is 14.9. The van der Waals surface area contributed by atoms with Gasteiger partial charge in [-0.1, -0.05) is 35.0 Å². The average Bonchev–Trinajstić information content (AvgIpc) is 3.14. The van der Waals surface area contributed by atoms with E-state index in [0.717, 1.165) is 11.4 Å². The fraction of sp³-hybridized carbons (Fsp3) is 0.188. The minimum Gasteiger partial charge on any atom is -0.324 e. The molecule has 0 atom stereocenters. The predicted molar refractivity (Wildman–Crippen MR) is 105 cm³/mol. The van der Waals surface area contributed by atoms with E-state index in [2.05, 4.69) is 21.6 Å². The summed E-state index contributed by atoms with van der Waals surface area (Å²) in [6.07, 6.45) is 0. The highest BCUT2D eigenvalue weighted by Crippen LogP contribution is 2.28. The Morgan fingerprint density at radius 2 is 2.12 bits per heavy atom. The third-order valence-corrected chi connectivity index (χ3v) is 5.79. The molecule has 0 aliphatic carbocycles. The maximum absolute atomic E-state index is 12.1. The number of halogens is 2. The molecule has 1 amide bonds. The number of thioether (sulfide) groups is 1. The Morgan fingerprint density at radius 1 is 1.32 bits per heavy atom. The Bertz CT molecular complexity index is 923. The highest BCUT2D eigenvalue weighted by atomic mass is 35.5. The molecule has 0 spiro atoms. The standard InChI is InChI=1S/C16H14Cl2N4OS2/c1-9-5-10(7-24-9)15-20-21-16(22(15)2)25-8-14(23)19-13-4-3-11(17)6-12(13)18/h3-7H,8H2,1-2H3,(H,19,23). The van der Waals surface area contributed by atoms with Crippen LogP contribution in [-0.2, 0) is 11.8 Å². The second-order valence-corrected chi connectivity index (χ2v) is 8.17. The van der Waals surface area contributed by atoms with E-state index < -0.39 is 0 Å². The van der Waals surface area contributed by atoms with Crippen LogP contribution in [0.4, 0.5) is 5.69 Å². The molecular formula is C16H14Cl2N4OS2. The number of nitrogens with zero attached hydrogens (tertiary/aromatic N) is 3. The van der Waals surface area contributed by atoms with E-state index in [9.17, 15) is 4.79 Å². The molecule has 0 fully saturated rings. The van der Waals surface area contributed by atoms with Crippen molar-refractivity contribution in [3.63, 3.8) is 0 Å². The minimum atomic E-state index is -0.176. The lowest BCUT2D eigenvalue weighted by Gasteiger charge is -2.07. The molecule has 0 unspecified atom stereocenters. The summed E-state index contributed by atoms with van der Waals surface area (Å²) in [7, 11) is 1.89. The van der Waals surface area contributed by atoms with E-state index in [0.29, 0.717) is 20.9 Å². The van der Waals surface area contributed by atoms with Gasteiger partial charge in [-0.05, 0) is 31.2 Å². The first-order chi connectivity index (χ1) is 11.9. The van der Waals surface area contributed by atoms with E-state index in [1.54, 1.807) is 29.5 Å². The van der Waals surface area contributed by atoms with Crippen LogP contribution in [0.5, 0.6) is 0 Å². The second-order valence-electron chi connectivity index (χ2n) is 5.27. The van der Waals surface area contributed by atoms with Crippen LogP contribution in [0.2, 0.25) is 10.0 Å². The van der Waals surface area contributed by atoms with Crippen molar-refractivity contribution in [1.29, 1.82) is 0 Å². The van der Waals surface area contributed by atoms with Crippen molar-refractivity contribution < 1.29 is 4.79 Å². The third-order valence-electron chi connectivity index (χ3n) is 3.36. The Kier molecular flexibility index (Phi) is 5.68. The fourth-order valence-electron chi connectivity index (χ4n) is 2.16. The van der Waals surface area contributed by atoms with E-state index in [-0.39, 0.29) is 11.7 Å². The van der Waals surface area contributed by atoms with Crippen molar-refractivity contribution in [3.05, 3.63) is 44.6 Å². The van der Waals surface area contributed by atoms with Crippen LogP contribution in [0.25, 0.3) is 11.4 Å². The van der Waals surface area contributed by atoms with Crippen LogP contribution in [0.15, 0.2) is 34.8 Å². The number of carbonyl (C=O) groups excluding carboxylic acids is 1. The highest BCUT2D eigenvalue weighted by Gasteiger charge is 2.14. The number of amides is 1. The zero-order valence-electron chi connectivity index (χ0n) is 13.4. The van der Waals surface area contributed by atoms with Gasteiger partial charge in [0, 0.05) is 27.9 Å². The maximum Gasteiger partial charge on any atom is 0.234 e. The van der Waals surface area contributed by atoms with Crippen molar-refractivity contribution in [1.82, 2.24) is 14.8 Å². The molecule has 3 rings (SSSR count). The van der Waals surface area contributed by atoms with Crippen LogP contribution in [0.1, 0.15) is 4.88 Å². The summed E-state index contributed by atoms with van der Waals surface area (Å²) < 4.78 is 1.88. The summed E-state index contributed by atoms with van der Waals surface area (Å²) in [6, 6.07) is 7.00. The summed E-state index contributed by atoms with van der Waals surface area (Å²) in [5.41, 5.74) is 1.56. The number of carbonyl (C=O) groups is 1. The minimum absolute atomic E-state index is 0.176. The molecule has 5 nitrogen and oxygen atoms in total. The topological polar surface area (TPSA) is 59.8 Å². The van der Waals surface area contributed by atoms with Crippen molar-refractivity contribution in [2.45, 2.75) is 12.1 Å². The number of rotatable bonds is 5. The lowest BCUT2D eigenvalue weighted by molar-refractivity contribution is -0.113. The lowest BCUT2D eigenvalue weighted by Crippen LogP contribution is -2.14. The molecule has 0 saturated heterocycles. The zero-order valence-corrected chi connectivity index (χ0v) is 16.6. The van der Waals surface area contributed by atoms with Crippen LogP contribution in [0.3, 0.4) is 0 Å². The Balaban J connectivity index is 1.63. The van der Waals surface area contributed by atoms with Gasteiger partial charge >= 0.3 is 0 Å². The van der Waals surface area contributed by atoms with Gasteiger partial charge in [-0.3, -0.25) is 4.79 Å². The van der Waals surface area contributed by atoms with Crippen molar-refractivity contribution >= 4 is 57.9 Å². The molecule has 2 heterocycles. The van der Waals surface area contributed by atoms with Crippen LogP contribution < -0.4 is 5.32 Å². The first-order valence-corrected chi connectivity index (χ1v) is 9.89. The van der Waals surface area contributed by atoms with Crippen LogP contribution in [-0.4, -0.2) is 26.4 Å². The molecule has 130 valence electrons. The molecule has 0 aliphatic rings. The number of hydrogen-bond donors (Lipinski definition) is 1. The largest absolute Gasteiger partial charge is 0.324 e. The number of benzene rings is 1. The van der Waals surface area contributed by atoms with Gasteiger partial charge in [0.2, 0.25) is 5.91 Å². The third kappa shape index (κ3) is 4.36. The summed E-state index contributed by atoms with van der Waals surface area (Å²) in [5, 5.41) is 14.8. The molecular weight excluding hydrogens is 399 g/mol. The lowest BCUT2D eigenvalue weighted by atomic mass is 10.3. The summed E-state index contributed by atoms with van der Waals surface area (Å²) in [5.74, 6) is 0.811. The van der Waals surface area contributed by atoms with Gasteiger partial charge in [-0.15, -0.1) is 21.5 Å². The number of anilines is 1. The first kappa shape index (κ1) is 18.3. The Hall–Kier alpha value is -1.54. The zero-order chi connectivity index (χ0) is 18.0. The number of hydrogen-bond acceptors (Lipinski definition) is 5. The molecule has 1 N–H and O–H groups in total. The molecule has 0 aliphatic heterocycles. The van der Waals surface area contributed by atoms with Crippen molar-refractivity contribution in [2.24, 2.45) is 7.05 Å². The first-order valence-electron chi connectivity index (χ1n) is 7.26. The van der Waals surface area contributed by atoms with E-state index in [4.69, 9.17) is 23.2 Å². The quantitative estimate of drug-likeness (QED) is 0.605. The van der Waals surface area contributed by atoms with Gasteiger partial charge in [-0.2, -0.15) is 0 Å². The molecule has 25 heavy (non-hydrogen) atoms. The molecule has 0 bridgehead atoms. The van der Waals surface area contributed by atoms with Gasteiger partial charge < -0.3 is 9.88 Å². The van der Waals surface area contributed by atoms with Gasteiger partial charge in [-0.25, -0.2) is 0 Å². The smallest absolute Gasteiger partial charge is 0.234 e. The molecule has 1 aromatic carbocycles. The van der Waals surface area contributed by atoms with Crippen molar-refractivity contribution in [3.8, 4) is 11.4 Å². The highest BCUT2D eigenvalue weighted by molar-refractivity contribution is 7.99. The molecule has 9 heteroatoms. The summed E-state index contributed by atoms with van der Waals surface area (Å²) in [6.45, 7) is 2.05. The number of nitrogens with one attached hydrogen (secondary N) is 1. The molecule has 0 radical (unpaired) electrons. The van der Waals surface area contributed by atoms with Gasteiger partial charge in [0.1, 0.15) is 0 Å². The number of aromatic nitrogens is 3. The Labute approximate surface area is 163 Å². The average molecular weight is 413 g/mol. The van der Waals surface area contributed by atoms with Gasteiger partial charge in [0.25, 0.3) is 0 Å². The maximum atomic E-state index is 12.1.